The Labute approximate surface area is 205 Å². The number of aromatic nitrogens is 4. The van der Waals surface area contributed by atoms with Gasteiger partial charge in [-0.15, -0.1) is 0 Å². The van der Waals surface area contributed by atoms with Gasteiger partial charge in [-0.25, -0.2) is 0 Å². The summed E-state index contributed by atoms with van der Waals surface area (Å²) in [6, 6.07) is 22.9. The summed E-state index contributed by atoms with van der Waals surface area (Å²) >= 11 is 0. The van der Waals surface area contributed by atoms with Gasteiger partial charge in [-0.1, -0.05) is 87.1 Å². The van der Waals surface area contributed by atoms with Gasteiger partial charge >= 0.3 is 0 Å². The van der Waals surface area contributed by atoms with E-state index in [2.05, 4.69) is 19.9 Å². The van der Waals surface area contributed by atoms with Crippen molar-refractivity contribution in [3.05, 3.63) is 122 Å². The number of hydrogen-bond donors (Lipinski definition) is 0. The molecular weight excluding hydrogens is 404 g/mol. The van der Waals surface area contributed by atoms with Crippen LogP contribution >= 0.6 is 0 Å². The molecule has 4 heteroatoms. The summed E-state index contributed by atoms with van der Waals surface area (Å²) in [7, 11) is 0. The Kier molecular flexibility index (Phi) is 62.2. The topological polar surface area (TPSA) is 51.6 Å². The molecule has 0 atom stereocenters. The van der Waals surface area contributed by atoms with Gasteiger partial charge in [-0.3, -0.25) is 19.9 Å². The molecule has 0 saturated heterocycles. The molecule has 0 bridgehead atoms. The first-order chi connectivity index (χ1) is 16.0. The Balaban J connectivity index is -0.0000000950. The van der Waals surface area contributed by atoms with Crippen LogP contribution < -0.4 is 0 Å². The van der Waals surface area contributed by atoms with E-state index in [4.69, 9.17) is 0 Å². The van der Waals surface area contributed by atoms with Gasteiger partial charge in [-0.05, 0) is 48.5 Å². The lowest BCUT2D eigenvalue weighted by atomic mass is 10.5. The first-order valence-corrected chi connectivity index (χ1v) is 11.4. The van der Waals surface area contributed by atoms with Crippen molar-refractivity contribution in [2.24, 2.45) is 0 Å². The first kappa shape index (κ1) is 40.0. The normalized spacial score (nSPS) is 6.55. The molecule has 0 aromatic carbocycles. The summed E-state index contributed by atoms with van der Waals surface area (Å²) in [4.78, 5) is 15.1. The monoisotopic (exact) mass is 452 g/mol. The molecule has 4 aromatic heterocycles. The van der Waals surface area contributed by atoms with Gasteiger partial charge in [0.05, 0.1) is 0 Å². The molecule has 0 saturated carbocycles. The fraction of sp³-hybridized carbons (Fsp3) is 0.310. The van der Waals surface area contributed by atoms with Crippen LogP contribution in [0.2, 0.25) is 0 Å². The van der Waals surface area contributed by atoms with Crippen molar-refractivity contribution in [3.8, 4) is 0 Å². The fourth-order valence-electron chi connectivity index (χ4n) is 1.25. The molecule has 0 radical (unpaired) electrons. The zero-order valence-corrected chi connectivity index (χ0v) is 21.3. The minimum absolute atomic E-state index is 0. The standard InChI is InChI=1S/4C5H5N.4C2H6.CH4/c4*1-2-4-6-5-3-1;4*1-2;/h4*1-5H;4*1-2H3;1H4. The van der Waals surface area contributed by atoms with Crippen LogP contribution in [0, 0.1) is 0 Å². The maximum absolute atomic E-state index is 3.78. The molecule has 0 fully saturated rings. The molecule has 4 rings (SSSR count). The third-order valence-corrected chi connectivity index (χ3v) is 2.27. The van der Waals surface area contributed by atoms with Crippen LogP contribution in [0.5, 0.6) is 0 Å². The highest BCUT2D eigenvalue weighted by molar-refractivity contribution is 4.89. The number of rotatable bonds is 0. The Morgan fingerprint density at radius 2 is 0.364 bits per heavy atom. The van der Waals surface area contributed by atoms with Crippen molar-refractivity contribution in [1.82, 2.24) is 19.9 Å². The number of hydrogen-bond acceptors (Lipinski definition) is 4. The van der Waals surface area contributed by atoms with Crippen LogP contribution in [0.1, 0.15) is 62.8 Å². The Morgan fingerprint density at radius 1 is 0.242 bits per heavy atom. The molecule has 0 amide bonds. The van der Waals surface area contributed by atoms with E-state index in [1.165, 1.54) is 0 Å². The van der Waals surface area contributed by atoms with Crippen LogP contribution in [0.3, 0.4) is 0 Å². The molecule has 0 N–H and O–H groups in total. The molecule has 0 unspecified atom stereocenters. The van der Waals surface area contributed by atoms with Crippen LogP contribution in [-0.2, 0) is 0 Å². The summed E-state index contributed by atoms with van der Waals surface area (Å²) in [6.45, 7) is 16.0. The quantitative estimate of drug-likeness (QED) is 0.267. The van der Waals surface area contributed by atoms with E-state index in [1.807, 2.05) is 128 Å². The van der Waals surface area contributed by atoms with Gasteiger partial charge in [0, 0.05) is 49.6 Å². The van der Waals surface area contributed by atoms with E-state index in [-0.39, 0.29) is 7.43 Å². The average molecular weight is 453 g/mol. The van der Waals surface area contributed by atoms with Gasteiger partial charge in [0.2, 0.25) is 0 Å². The van der Waals surface area contributed by atoms with Crippen molar-refractivity contribution in [2.45, 2.75) is 62.8 Å². The molecule has 0 aliphatic rings. The van der Waals surface area contributed by atoms with E-state index in [1.54, 1.807) is 49.6 Å². The second-order valence-electron chi connectivity index (χ2n) is 4.10. The van der Waals surface area contributed by atoms with Crippen molar-refractivity contribution >= 4 is 0 Å². The minimum atomic E-state index is 0. The Morgan fingerprint density at radius 3 is 0.394 bits per heavy atom. The van der Waals surface area contributed by atoms with Crippen LogP contribution in [0.15, 0.2) is 122 Å². The lowest BCUT2D eigenvalue weighted by Crippen LogP contribution is -1.58. The van der Waals surface area contributed by atoms with E-state index < -0.39 is 0 Å². The van der Waals surface area contributed by atoms with Gasteiger partial charge in [-0.2, -0.15) is 0 Å². The fourth-order valence-corrected chi connectivity index (χ4v) is 1.25. The highest BCUT2D eigenvalue weighted by atomic mass is 14.6. The molecule has 0 aliphatic heterocycles. The lowest BCUT2D eigenvalue weighted by Gasteiger charge is -1.70. The lowest BCUT2D eigenvalue weighted by molar-refractivity contribution is 1.33. The molecule has 4 heterocycles. The average Bonchev–Trinajstić information content (AvgIpc) is 2.98. The maximum Gasteiger partial charge on any atom is 0.0267 e. The third kappa shape index (κ3) is 47.7. The van der Waals surface area contributed by atoms with Crippen molar-refractivity contribution in [3.63, 3.8) is 0 Å². The minimum Gasteiger partial charge on any atom is -0.265 e. The van der Waals surface area contributed by atoms with Gasteiger partial charge in [0.25, 0.3) is 0 Å². The summed E-state index contributed by atoms with van der Waals surface area (Å²) in [5.74, 6) is 0. The van der Waals surface area contributed by atoms with Crippen LogP contribution in [0.4, 0.5) is 0 Å². The molecular formula is C29H48N4. The van der Waals surface area contributed by atoms with Crippen molar-refractivity contribution < 1.29 is 0 Å². The number of pyridine rings is 4. The zero-order valence-electron chi connectivity index (χ0n) is 21.3. The van der Waals surface area contributed by atoms with Gasteiger partial charge < -0.3 is 0 Å². The smallest absolute Gasteiger partial charge is 0.0267 e. The van der Waals surface area contributed by atoms with Gasteiger partial charge in [0.15, 0.2) is 0 Å². The van der Waals surface area contributed by atoms with E-state index in [0.717, 1.165) is 0 Å². The molecule has 184 valence electrons. The molecule has 4 aromatic rings. The Hall–Kier alpha value is -3.40. The van der Waals surface area contributed by atoms with Gasteiger partial charge in [0.1, 0.15) is 0 Å². The van der Waals surface area contributed by atoms with E-state index >= 15 is 0 Å². The second-order valence-corrected chi connectivity index (χ2v) is 4.10. The van der Waals surface area contributed by atoms with Crippen LogP contribution in [0.25, 0.3) is 0 Å². The van der Waals surface area contributed by atoms with E-state index in [9.17, 15) is 0 Å². The summed E-state index contributed by atoms with van der Waals surface area (Å²) in [5.41, 5.74) is 0. The zero-order chi connectivity index (χ0) is 25.0. The summed E-state index contributed by atoms with van der Waals surface area (Å²) in [5, 5.41) is 0. The molecule has 0 spiro atoms. The summed E-state index contributed by atoms with van der Waals surface area (Å²) < 4.78 is 0. The van der Waals surface area contributed by atoms with Crippen molar-refractivity contribution in [1.29, 1.82) is 0 Å². The number of nitrogens with zero attached hydrogens (tertiary/aromatic N) is 4. The third-order valence-electron chi connectivity index (χ3n) is 2.27. The van der Waals surface area contributed by atoms with Crippen molar-refractivity contribution in [2.75, 3.05) is 0 Å². The second kappa shape index (κ2) is 51.3. The Bertz CT molecular complexity index is 431. The highest BCUT2D eigenvalue weighted by Crippen LogP contribution is 1.75. The molecule has 4 nitrogen and oxygen atoms in total. The predicted octanol–water partition coefficient (Wildman–Crippen LogP) is 9.07. The first-order valence-electron chi connectivity index (χ1n) is 11.4. The SMILES string of the molecule is C.CC.CC.CC.CC.c1ccncc1.c1ccncc1.c1ccncc1.c1ccncc1. The maximum atomic E-state index is 3.78. The summed E-state index contributed by atoms with van der Waals surface area (Å²) in [6.07, 6.45) is 14.0. The molecule has 0 aliphatic carbocycles. The predicted molar refractivity (Wildman–Crippen MR) is 149 cm³/mol. The molecule has 33 heavy (non-hydrogen) atoms. The highest BCUT2D eigenvalue weighted by Gasteiger charge is 1.60. The van der Waals surface area contributed by atoms with Crippen LogP contribution in [-0.4, -0.2) is 19.9 Å². The largest absolute Gasteiger partial charge is 0.265 e. The van der Waals surface area contributed by atoms with E-state index in [0.29, 0.717) is 0 Å².